The van der Waals surface area contributed by atoms with E-state index in [-0.39, 0.29) is 23.6 Å². The molecule has 2 aliphatic carbocycles. The topological polar surface area (TPSA) is 69.1 Å². The second-order valence-corrected chi connectivity index (χ2v) is 10.0. The maximum absolute atomic E-state index is 12.6. The molecule has 3 heterocycles. The summed E-state index contributed by atoms with van der Waals surface area (Å²) in [5, 5.41) is 2.36. The average Bonchev–Trinajstić information content (AvgIpc) is 3.36. The number of rotatable bonds is 5. The smallest absolute Gasteiger partial charge is 0.315 e. The fraction of sp³-hybridized carbons (Fsp3) is 0.952. The molecule has 27 heavy (non-hydrogen) atoms. The van der Waals surface area contributed by atoms with Crippen LogP contribution < -0.4 is 10.2 Å². The third-order valence-corrected chi connectivity index (χ3v) is 8.40. The van der Waals surface area contributed by atoms with Crippen LogP contribution in [-0.2, 0) is 19.0 Å². The number of carbonyl (C=O) groups is 1. The van der Waals surface area contributed by atoms with E-state index in [9.17, 15) is 4.79 Å². The molecule has 1 spiro atoms. The highest BCUT2D eigenvalue weighted by Gasteiger charge is 2.65. The maximum atomic E-state index is 12.6. The van der Waals surface area contributed by atoms with Crippen LogP contribution in [0.2, 0.25) is 0 Å². The van der Waals surface area contributed by atoms with E-state index < -0.39 is 0 Å². The highest BCUT2D eigenvalue weighted by Crippen LogP contribution is 2.62. The summed E-state index contributed by atoms with van der Waals surface area (Å²) in [5.74, 6) is 1.17. The molecular formula is C21H36N2O4+2. The van der Waals surface area contributed by atoms with E-state index >= 15 is 0 Å². The summed E-state index contributed by atoms with van der Waals surface area (Å²) in [6, 6.07) is 0. The summed E-state index contributed by atoms with van der Waals surface area (Å²) < 4.78 is 17.3. The normalized spacial score (nSPS) is 46.8. The van der Waals surface area contributed by atoms with Gasteiger partial charge in [0, 0.05) is 5.92 Å². The van der Waals surface area contributed by atoms with E-state index in [1.54, 1.807) is 4.90 Å². The van der Waals surface area contributed by atoms with Gasteiger partial charge in [0.15, 0.2) is 0 Å². The van der Waals surface area contributed by atoms with E-state index in [1.807, 2.05) is 0 Å². The number of quaternary nitrogens is 2. The first kappa shape index (κ1) is 18.3. The molecular weight excluding hydrogens is 344 g/mol. The number of epoxide rings is 1. The molecule has 0 radical (unpaired) electrons. The van der Waals surface area contributed by atoms with E-state index in [0.717, 1.165) is 65.4 Å². The van der Waals surface area contributed by atoms with E-state index in [0.29, 0.717) is 17.3 Å². The molecule has 3 saturated heterocycles. The fourth-order valence-electron chi connectivity index (χ4n) is 6.74. The van der Waals surface area contributed by atoms with Crippen molar-refractivity contribution in [3.8, 4) is 0 Å². The van der Waals surface area contributed by atoms with Gasteiger partial charge in [-0.1, -0.05) is 6.92 Å². The first-order valence-corrected chi connectivity index (χ1v) is 11.2. The second-order valence-electron chi connectivity index (χ2n) is 10.0. The molecule has 6 nitrogen and oxygen atoms in total. The molecule has 0 aromatic rings. The van der Waals surface area contributed by atoms with Crippen molar-refractivity contribution in [2.45, 2.75) is 50.7 Å². The molecule has 0 aromatic heterocycles. The van der Waals surface area contributed by atoms with Gasteiger partial charge in [0.2, 0.25) is 0 Å². The predicted octanol–water partition coefficient (Wildman–Crippen LogP) is -1.01. The number of morpholine rings is 1. The first-order valence-electron chi connectivity index (χ1n) is 11.2. The number of hydrogen-bond acceptors (Lipinski definition) is 4. The standard InChI is InChI=1S/C21H34N2O4/c1-20-3-2-4-21(14-26-21)18(20)11-15-16(19(24)27-17(15)12-20)13-22-5-6-23-7-9-25-10-8-23/h15-18,22H,2-14H2,1H3/p+2/t15-,16-,17-,18-,20-,21+/m1/s1. The van der Waals surface area contributed by atoms with E-state index in [1.165, 1.54) is 19.3 Å². The van der Waals surface area contributed by atoms with Crippen LogP contribution in [0.5, 0.6) is 0 Å². The number of nitrogens with one attached hydrogen (secondary N) is 1. The van der Waals surface area contributed by atoms with Crippen LogP contribution in [0.1, 0.15) is 39.0 Å². The maximum Gasteiger partial charge on any atom is 0.315 e. The molecule has 0 bridgehead atoms. The molecule has 5 rings (SSSR count). The number of nitrogens with two attached hydrogens (primary N) is 1. The summed E-state index contributed by atoms with van der Waals surface area (Å²) in [4.78, 5) is 14.3. The molecule has 3 aliphatic heterocycles. The minimum atomic E-state index is 0.0629. The lowest BCUT2D eigenvalue weighted by molar-refractivity contribution is -0.919. The zero-order valence-corrected chi connectivity index (χ0v) is 16.7. The van der Waals surface area contributed by atoms with Gasteiger partial charge in [0.1, 0.15) is 38.2 Å². The Morgan fingerprint density at radius 2 is 2.07 bits per heavy atom. The van der Waals surface area contributed by atoms with E-state index in [4.69, 9.17) is 14.2 Å². The molecule has 0 unspecified atom stereocenters. The van der Waals surface area contributed by atoms with Crippen LogP contribution in [0.25, 0.3) is 0 Å². The van der Waals surface area contributed by atoms with Crippen LogP contribution in [-0.4, -0.2) is 70.2 Å². The Hall–Kier alpha value is -0.690. The molecule has 5 fully saturated rings. The Kier molecular flexibility index (Phi) is 4.74. The van der Waals surface area contributed by atoms with Gasteiger partial charge < -0.3 is 24.4 Å². The Balaban J connectivity index is 1.18. The van der Waals surface area contributed by atoms with Crippen molar-refractivity contribution in [3.05, 3.63) is 0 Å². The number of hydrogen-bond donors (Lipinski definition) is 2. The quantitative estimate of drug-likeness (QED) is 0.364. The number of fused-ring (bicyclic) bond motifs is 3. The van der Waals surface area contributed by atoms with Crippen LogP contribution in [0.15, 0.2) is 0 Å². The van der Waals surface area contributed by atoms with E-state index in [2.05, 4.69) is 12.2 Å². The lowest BCUT2D eigenvalue weighted by atomic mass is 9.53. The summed E-state index contributed by atoms with van der Waals surface area (Å²) in [5.41, 5.74) is 0.450. The summed E-state index contributed by atoms with van der Waals surface area (Å²) >= 11 is 0. The predicted molar refractivity (Wildman–Crippen MR) is 98.3 cm³/mol. The number of ether oxygens (including phenoxy) is 3. The van der Waals surface area contributed by atoms with Gasteiger partial charge in [-0.25, -0.2) is 0 Å². The first-order chi connectivity index (χ1) is 13.1. The largest absolute Gasteiger partial charge is 0.462 e. The summed E-state index contributed by atoms with van der Waals surface area (Å²) in [6.45, 7) is 10.5. The molecule has 5 aliphatic rings. The highest BCUT2D eigenvalue weighted by molar-refractivity contribution is 5.75. The van der Waals surface area contributed by atoms with Gasteiger partial charge >= 0.3 is 5.97 Å². The molecule has 2 saturated carbocycles. The van der Waals surface area contributed by atoms with Crippen molar-refractivity contribution in [1.29, 1.82) is 0 Å². The lowest BCUT2D eigenvalue weighted by Gasteiger charge is -2.51. The summed E-state index contributed by atoms with van der Waals surface area (Å²) in [7, 11) is 0. The van der Waals surface area contributed by atoms with Gasteiger partial charge in [-0.3, -0.25) is 4.79 Å². The Bertz CT molecular complexity index is 575. The van der Waals surface area contributed by atoms with Crippen LogP contribution in [0, 0.1) is 23.2 Å². The summed E-state index contributed by atoms with van der Waals surface area (Å²) in [6.07, 6.45) is 6.07. The molecule has 152 valence electrons. The highest BCUT2D eigenvalue weighted by atomic mass is 16.6. The molecule has 0 aromatic carbocycles. The second kappa shape index (κ2) is 6.97. The van der Waals surface area contributed by atoms with Gasteiger partial charge in [-0.05, 0) is 43.4 Å². The SMILES string of the molecule is C[C@]12CCC[C@]3(CO3)[C@@H]1C[C@H]1[C@@H](C2)OC(=O)[C@@H]1C[NH2+]CC[NH+]1CCOCC1. The number of carbonyl (C=O) groups excluding carboxylic acids is 1. The van der Waals surface area contributed by atoms with Gasteiger partial charge in [-0.15, -0.1) is 0 Å². The van der Waals surface area contributed by atoms with Gasteiger partial charge in [0.05, 0.1) is 32.0 Å². The Labute approximate surface area is 162 Å². The van der Waals surface area contributed by atoms with Crippen LogP contribution in [0.4, 0.5) is 0 Å². The minimum Gasteiger partial charge on any atom is -0.462 e. The van der Waals surface area contributed by atoms with Gasteiger partial charge in [0.25, 0.3) is 0 Å². The fourth-order valence-corrected chi connectivity index (χ4v) is 6.74. The van der Waals surface area contributed by atoms with Crippen molar-refractivity contribution in [2.75, 3.05) is 52.5 Å². The zero-order chi connectivity index (χ0) is 18.5. The average molecular weight is 381 g/mol. The minimum absolute atomic E-state index is 0.0629. The Morgan fingerprint density at radius 3 is 2.85 bits per heavy atom. The third kappa shape index (κ3) is 3.33. The van der Waals surface area contributed by atoms with Crippen LogP contribution >= 0.6 is 0 Å². The monoisotopic (exact) mass is 380 g/mol. The molecule has 3 N–H and O–H groups in total. The Morgan fingerprint density at radius 1 is 1.26 bits per heavy atom. The lowest BCUT2D eigenvalue weighted by Crippen LogP contribution is -3.16. The van der Waals surface area contributed by atoms with Crippen molar-refractivity contribution in [1.82, 2.24) is 0 Å². The van der Waals surface area contributed by atoms with Crippen molar-refractivity contribution in [2.24, 2.45) is 23.2 Å². The van der Waals surface area contributed by atoms with Crippen molar-refractivity contribution >= 4 is 5.97 Å². The molecule has 6 heteroatoms. The van der Waals surface area contributed by atoms with Crippen molar-refractivity contribution in [3.63, 3.8) is 0 Å². The van der Waals surface area contributed by atoms with Gasteiger partial charge in [-0.2, -0.15) is 0 Å². The van der Waals surface area contributed by atoms with Crippen LogP contribution in [0.3, 0.4) is 0 Å². The third-order valence-electron chi connectivity index (χ3n) is 8.40. The molecule has 6 atom stereocenters. The zero-order valence-electron chi connectivity index (χ0n) is 16.7. The molecule has 0 amide bonds. The number of esters is 1. The van der Waals surface area contributed by atoms with Crippen molar-refractivity contribution < 1.29 is 29.2 Å².